The monoisotopic (exact) mass is 284 g/mol. The largest absolute Gasteiger partial charge is 0.478 e. The van der Waals surface area contributed by atoms with Gasteiger partial charge in [-0.2, -0.15) is 0 Å². The molecule has 0 spiro atoms. The van der Waals surface area contributed by atoms with E-state index < -0.39 is 11.8 Å². The molecular weight excluding hydrogens is 278 g/mol. The Morgan fingerprint density at radius 1 is 1.11 bits per heavy atom. The highest BCUT2D eigenvalue weighted by Crippen LogP contribution is 2.31. The quantitative estimate of drug-likeness (QED) is 0.882. The highest BCUT2D eigenvalue weighted by atomic mass is 35.5. The normalized spacial score (nSPS) is 10.4. The number of benzene rings is 2. The van der Waals surface area contributed by atoms with E-state index in [1.807, 2.05) is 0 Å². The van der Waals surface area contributed by atoms with Crippen LogP contribution in [0, 0.1) is 5.82 Å². The fourth-order valence-corrected chi connectivity index (χ4v) is 1.97. The fraction of sp³-hybridized carbons (Fsp3) is 0. The van der Waals surface area contributed by atoms with E-state index in [2.05, 4.69) is 0 Å². The van der Waals surface area contributed by atoms with Gasteiger partial charge in [-0.3, -0.25) is 0 Å². The van der Waals surface area contributed by atoms with Gasteiger partial charge >= 0.3 is 5.97 Å². The van der Waals surface area contributed by atoms with Crippen molar-refractivity contribution in [3.8, 4) is 11.1 Å². The Bertz CT molecular complexity index is 626. The van der Waals surface area contributed by atoms with Crippen LogP contribution in [0.15, 0.2) is 36.4 Å². The van der Waals surface area contributed by atoms with Gasteiger partial charge in [-0.25, -0.2) is 9.18 Å². The van der Waals surface area contributed by atoms with Crippen LogP contribution in [-0.4, -0.2) is 11.1 Å². The lowest BCUT2D eigenvalue weighted by Gasteiger charge is -2.06. The Balaban J connectivity index is 2.55. The molecule has 2 rings (SSSR count). The standard InChI is InChI=1S/C13H7Cl2FO2/c14-8-2-4-11(15)10(6-8)7-1-3-9(13(17)18)12(16)5-7/h1-6H,(H,17,18). The van der Waals surface area contributed by atoms with Crippen molar-refractivity contribution in [2.75, 3.05) is 0 Å². The first-order valence-corrected chi connectivity index (χ1v) is 5.73. The van der Waals surface area contributed by atoms with E-state index in [4.69, 9.17) is 28.3 Å². The second-order valence-electron chi connectivity index (χ2n) is 3.62. The Morgan fingerprint density at radius 2 is 1.83 bits per heavy atom. The van der Waals surface area contributed by atoms with Gasteiger partial charge in [-0.15, -0.1) is 0 Å². The second-order valence-corrected chi connectivity index (χ2v) is 4.47. The molecule has 0 amide bonds. The first-order valence-electron chi connectivity index (χ1n) is 4.97. The molecule has 0 bridgehead atoms. The maximum absolute atomic E-state index is 13.6. The summed E-state index contributed by atoms with van der Waals surface area (Å²) in [5.74, 6) is -2.12. The molecule has 0 aliphatic carbocycles. The maximum atomic E-state index is 13.6. The molecule has 92 valence electrons. The SMILES string of the molecule is O=C(O)c1ccc(-c2cc(Cl)ccc2Cl)cc1F. The number of carboxylic acid groups (broad SMARTS) is 1. The summed E-state index contributed by atoms with van der Waals surface area (Å²) >= 11 is 11.8. The number of aromatic carboxylic acids is 1. The van der Waals surface area contributed by atoms with Gasteiger partial charge in [-0.05, 0) is 35.9 Å². The van der Waals surface area contributed by atoms with Crippen LogP contribution in [0.3, 0.4) is 0 Å². The van der Waals surface area contributed by atoms with Gasteiger partial charge < -0.3 is 5.11 Å². The molecule has 2 aromatic rings. The third-order valence-corrected chi connectivity index (χ3v) is 3.00. The van der Waals surface area contributed by atoms with Gasteiger partial charge in [0.2, 0.25) is 0 Å². The first kappa shape index (κ1) is 12.9. The zero-order chi connectivity index (χ0) is 13.3. The Kier molecular flexibility index (Phi) is 3.55. The molecule has 0 aliphatic rings. The van der Waals surface area contributed by atoms with Crippen molar-refractivity contribution in [2.45, 2.75) is 0 Å². The highest BCUT2D eigenvalue weighted by Gasteiger charge is 2.12. The molecule has 0 saturated carbocycles. The number of carboxylic acids is 1. The molecule has 0 heterocycles. The first-order chi connectivity index (χ1) is 8.49. The summed E-state index contributed by atoms with van der Waals surface area (Å²) in [5, 5.41) is 9.63. The molecule has 0 aliphatic heterocycles. The van der Waals surface area contributed by atoms with Crippen molar-refractivity contribution in [3.63, 3.8) is 0 Å². The van der Waals surface area contributed by atoms with Gasteiger partial charge in [0.05, 0.1) is 5.56 Å². The van der Waals surface area contributed by atoms with Crippen molar-refractivity contribution in [1.29, 1.82) is 0 Å². The number of hydrogen-bond donors (Lipinski definition) is 1. The molecule has 0 aromatic heterocycles. The highest BCUT2D eigenvalue weighted by molar-refractivity contribution is 6.35. The number of rotatable bonds is 2. The van der Waals surface area contributed by atoms with Gasteiger partial charge in [0.25, 0.3) is 0 Å². The van der Waals surface area contributed by atoms with Crippen LogP contribution in [0.5, 0.6) is 0 Å². The summed E-state index contributed by atoms with van der Waals surface area (Å²) in [6, 6.07) is 8.63. The zero-order valence-electron chi connectivity index (χ0n) is 8.95. The van der Waals surface area contributed by atoms with Gasteiger partial charge in [0.1, 0.15) is 5.82 Å². The number of carbonyl (C=O) groups is 1. The molecule has 18 heavy (non-hydrogen) atoms. The average molecular weight is 285 g/mol. The molecule has 0 unspecified atom stereocenters. The van der Waals surface area contributed by atoms with Crippen LogP contribution < -0.4 is 0 Å². The van der Waals surface area contributed by atoms with Crippen molar-refractivity contribution >= 4 is 29.2 Å². The van der Waals surface area contributed by atoms with Gasteiger partial charge in [0, 0.05) is 15.6 Å². The third kappa shape index (κ3) is 2.47. The predicted molar refractivity (Wildman–Crippen MR) is 68.8 cm³/mol. The summed E-state index contributed by atoms with van der Waals surface area (Å²) in [7, 11) is 0. The molecular formula is C13H7Cl2FO2. The van der Waals surface area contributed by atoms with Crippen LogP contribution in [0.1, 0.15) is 10.4 Å². The fourth-order valence-electron chi connectivity index (χ4n) is 1.57. The molecule has 0 atom stereocenters. The van der Waals surface area contributed by atoms with Crippen LogP contribution in [-0.2, 0) is 0 Å². The molecule has 5 heteroatoms. The van der Waals surface area contributed by atoms with Crippen LogP contribution in [0.25, 0.3) is 11.1 Å². The minimum absolute atomic E-state index is 0.378. The van der Waals surface area contributed by atoms with E-state index in [-0.39, 0.29) is 5.56 Å². The third-order valence-electron chi connectivity index (χ3n) is 2.44. The zero-order valence-corrected chi connectivity index (χ0v) is 10.5. The van der Waals surface area contributed by atoms with E-state index in [1.54, 1.807) is 18.2 Å². The number of halogens is 3. The lowest BCUT2D eigenvalue weighted by atomic mass is 10.0. The van der Waals surface area contributed by atoms with Crippen molar-refractivity contribution in [3.05, 3.63) is 57.8 Å². The molecule has 0 fully saturated rings. The van der Waals surface area contributed by atoms with Crippen LogP contribution in [0.2, 0.25) is 10.0 Å². The summed E-state index contributed by atoms with van der Waals surface area (Å²) in [4.78, 5) is 10.7. The van der Waals surface area contributed by atoms with Crippen molar-refractivity contribution in [1.82, 2.24) is 0 Å². The van der Waals surface area contributed by atoms with E-state index in [9.17, 15) is 9.18 Å². The molecule has 1 N–H and O–H groups in total. The smallest absolute Gasteiger partial charge is 0.338 e. The summed E-state index contributed by atoms with van der Waals surface area (Å²) in [6.45, 7) is 0. The van der Waals surface area contributed by atoms with Crippen LogP contribution >= 0.6 is 23.2 Å². The summed E-state index contributed by atoms with van der Waals surface area (Å²) in [5.41, 5.74) is 0.655. The van der Waals surface area contributed by atoms with E-state index in [1.165, 1.54) is 12.1 Å². The Labute approximate surface area is 113 Å². The average Bonchev–Trinajstić information content (AvgIpc) is 2.31. The topological polar surface area (TPSA) is 37.3 Å². The van der Waals surface area contributed by atoms with Crippen molar-refractivity contribution < 1.29 is 14.3 Å². The molecule has 2 nitrogen and oxygen atoms in total. The van der Waals surface area contributed by atoms with E-state index >= 15 is 0 Å². The van der Waals surface area contributed by atoms with Gasteiger partial charge in [-0.1, -0.05) is 29.3 Å². The predicted octanol–water partition coefficient (Wildman–Crippen LogP) is 4.50. The summed E-state index contributed by atoms with van der Waals surface area (Å²) < 4.78 is 13.6. The number of hydrogen-bond acceptors (Lipinski definition) is 1. The lowest BCUT2D eigenvalue weighted by Crippen LogP contribution is -2.00. The van der Waals surface area contributed by atoms with Gasteiger partial charge in [0.15, 0.2) is 0 Å². The minimum atomic E-state index is -1.31. The van der Waals surface area contributed by atoms with E-state index in [0.29, 0.717) is 21.2 Å². The van der Waals surface area contributed by atoms with Crippen LogP contribution in [0.4, 0.5) is 4.39 Å². The Morgan fingerprint density at radius 3 is 2.44 bits per heavy atom. The lowest BCUT2D eigenvalue weighted by molar-refractivity contribution is 0.0692. The maximum Gasteiger partial charge on any atom is 0.338 e. The molecule has 0 radical (unpaired) electrons. The second kappa shape index (κ2) is 4.96. The van der Waals surface area contributed by atoms with E-state index in [0.717, 1.165) is 6.07 Å². The molecule has 0 saturated heterocycles. The molecule has 2 aromatic carbocycles. The van der Waals surface area contributed by atoms with Crippen molar-refractivity contribution in [2.24, 2.45) is 0 Å². The summed E-state index contributed by atoms with van der Waals surface area (Å²) in [6.07, 6.45) is 0. The Hall–Kier alpha value is -1.58. The minimum Gasteiger partial charge on any atom is -0.478 e.